The van der Waals surface area contributed by atoms with Crippen LogP contribution in [0.3, 0.4) is 0 Å². The first kappa shape index (κ1) is 20.1. The molecule has 3 aromatic carbocycles. The highest BCUT2D eigenvalue weighted by molar-refractivity contribution is 5.63. The predicted molar refractivity (Wildman–Crippen MR) is 127 cm³/mol. The lowest BCUT2D eigenvalue weighted by Gasteiger charge is -2.41. The highest BCUT2D eigenvalue weighted by atomic mass is 16.5. The number of nitrogens with one attached hydrogen (secondary N) is 1. The SMILES string of the molecule is CC(c1ccccc1)N1CCC(C2c3ccccc3Oc3cc(-c4nn[nH]n4)ccc32)CC1. The lowest BCUT2D eigenvalue weighted by Crippen LogP contribution is -2.37. The molecule has 2 unspecified atom stereocenters. The minimum Gasteiger partial charge on any atom is -0.457 e. The molecule has 0 spiro atoms. The molecule has 4 aromatic rings. The van der Waals surface area contributed by atoms with Gasteiger partial charge in [-0.3, -0.25) is 4.90 Å². The fourth-order valence-electron chi connectivity index (χ4n) is 5.51. The maximum atomic E-state index is 6.36. The molecule has 0 saturated carbocycles. The van der Waals surface area contributed by atoms with E-state index in [4.69, 9.17) is 4.74 Å². The van der Waals surface area contributed by atoms with Gasteiger partial charge in [0.05, 0.1) is 0 Å². The second kappa shape index (κ2) is 8.45. The summed E-state index contributed by atoms with van der Waals surface area (Å²) in [6.45, 7) is 4.54. The minimum absolute atomic E-state index is 0.332. The van der Waals surface area contributed by atoms with E-state index in [1.807, 2.05) is 6.07 Å². The molecule has 6 heteroatoms. The number of nitrogens with zero attached hydrogens (tertiary/aromatic N) is 4. The van der Waals surface area contributed by atoms with Crippen molar-refractivity contribution >= 4 is 0 Å². The van der Waals surface area contributed by atoms with E-state index in [1.165, 1.54) is 29.5 Å². The van der Waals surface area contributed by atoms with Crippen LogP contribution in [-0.4, -0.2) is 38.6 Å². The van der Waals surface area contributed by atoms with Gasteiger partial charge in [0.2, 0.25) is 5.82 Å². The molecule has 2 aliphatic heterocycles. The summed E-state index contributed by atoms with van der Waals surface area (Å²) in [5, 5.41) is 14.5. The Labute approximate surface area is 193 Å². The Morgan fingerprint density at radius 3 is 2.45 bits per heavy atom. The first-order valence-corrected chi connectivity index (χ1v) is 11.7. The molecular formula is C27H27N5O. The number of H-pyrrole nitrogens is 1. The van der Waals surface area contributed by atoms with E-state index in [0.717, 1.165) is 30.2 Å². The summed E-state index contributed by atoms with van der Waals surface area (Å²) < 4.78 is 6.36. The molecule has 33 heavy (non-hydrogen) atoms. The van der Waals surface area contributed by atoms with E-state index >= 15 is 0 Å². The van der Waals surface area contributed by atoms with Crippen molar-refractivity contribution in [2.75, 3.05) is 13.1 Å². The Kier molecular flexibility index (Phi) is 5.15. The normalized spacial score (nSPS) is 19.4. The van der Waals surface area contributed by atoms with Gasteiger partial charge in [-0.25, -0.2) is 0 Å². The van der Waals surface area contributed by atoms with Crippen LogP contribution in [0.1, 0.15) is 48.4 Å². The van der Waals surface area contributed by atoms with E-state index < -0.39 is 0 Å². The molecule has 6 rings (SSSR count). The molecule has 0 bridgehead atoms. The van der Waals surface area contributed by atoms with Crippen LogP contribution >= 0.6 is 0 Å². The molecule has 0 radical (unpaired) electrons. The summed E-state index contributed by atoms with van der Waals surface area (Å²) in [6.07, 6.45) is 2.34. The lowest BCUT2D eigenvalue weighted by atomic mass is 9.74. The Bertz CT molecular complexity index is 1230. The van der Waals surface area contributed by atoms with E-state index in [1.54, 1.807) is 0 Å². The van der Waals surface area contributed by atoms with Gasteiger partial charge < -0.3 is 4.74 Å². The number of fused-ring (bicyclic) bond motifs is 2. The third-order valence-electron chi connectivity index (χ3n) is 7.30. The van der Waals surface area contributed by atoms with Crippen LogP contribution in [0.15, 0.2) is 72.8 Å². The highest BCUT2D eigenvalue weighted by Crippen LogP contribution is 2.50. The van der Waals surface area contributed by atoms with Gasteiger partial charge in [0.15, 0.2) is 0 Å². The zero-order valence-electron chi connectivity index (χ0n) is 18.7. The Balaban J connectivity index is 1.28. The number of ether oxygens (including phenoxy) is 1. The molecular weight excluding hydrogens is 410 g/mol. The first-order valence-electron chi connectivity index (χ1n) is 11.7. The molecule has 6 nitrogen and oxygen atoms in total. The van der Waals surface area contributed by atoms with E-state index in [0.29, 0.717) is 23.7 Å². The average molecular weight is 438 g/mol. The summed E-state index contributed by atoms with van der Waals surface area (Å²) in [7, 11) is 0. The summed E-state index contributed by atoms with van der Waals surface area (Å²) >= 11 is 0. The Morgan fingerprint density at radius 1 is 0.909 bits per heavy atom. The fourth-order valence-corrected chi connectivity index (χ4v) is 5.51. The summed E-state index contributed by atoms with van der Waals surface area (Å²) in [5.41, 5.74) is 4.86. The topological polar surface area (TPSA) is 66.9 Å². The van der Waals surface area contributed by atoms with Gasteiger partial charge in [-0.2, -0.15) is 5.21 Å². The number of hydrogen-bond donors (Lipinski definition) is 1. The number of rotatable bonds is 4. The van der Waals surface area contributed by atoms with Crippen LogP contribution in [0.2, 0.25) is 0 Å². The largest absolute Gasteiger partial charge is 0.457 e. The van der Waals surface area contributed by atoms with Gasteiger partial charge in [-0.15, -0.1) is 10.2 Å². The third-order valence-corrected chi connectivity index (χ3v) is 7.30. The molecule has 3 heterocycles. The van der Waals surface area contributed by atoms with Gasteiger partial charge in [0.1, 0.15) is 11.5 Å². The number of likely N-dealkylation sites (tertiary alicyclic amines) is 1. The van der Waals surface area contributed by atoms with E-state index in [-0.39, 0.29) is 0 Å². The zero-order valence-corrected chi connectivity index (χ0v) is 18.7. The molecule has 1 fully saturated rings. The molecule has 0 amide bonds. The number of aromatic nitrogens is 4. The quantitative estimate of drug-likeness (QED) is 0.452. The second-order valence-corrected chi connectivity index (χ2v) is 9.07. The van der Waals surface area contributed by atoms with Crippen molar-refractivity contribution in [1.29, 1.82) is 0 Å². The number of piperidine rings is 1. The lowest BCUT2D eigenvalue weighted by molar-refractivity contribution is 0.133. The monoisotopic (exact) mass is 437 g/mol. The maximum absolute atomic E-state index is 6.36. The van der Waals surface area contributed by atoms with Crippen LogP contribution in [0, 0.1) is 5.92 Å². The van der Waals surface area contributed by atoms with Crippen molar-refractivity contribution < 1.29 is 4.74 Å². The number of aromatic amines is 1. The molecule has 0 aliphatic carbocycles. The Morgan fingerprint density at radius 2 is 1.67 bits per heavy atom. The van der Waals surface area contributed by atoms with Gasteiger partial charge >= 0.3 is 0 Å². The third kappa shape index (κ3) is 3.70. The van der Waals surface area contributed by atoms with Gasteiger partial charge in [0, 0.05) is 28.7 Å². The van der Waals surface area contributed by atoms with Crippen LogP contribution < -0.4 is 4.74 Å². The zero-order chi connectivity index (χ0) is 22.2. The second-order valence-electron chi connectivity index (χ2n) is 9.07. The summed E-state index contributed by atoms with van der Waals surface area (Å²) in [4.78, 5) is 2.62. The van der Waals surface area contributed by atoms with Crippen molar-refractivity contribution in [2.24, 2.45) is 5.92 Å². The smallest absolute Gasteiger partial charge is 0.204 e. The van der Waals surface area contributed by atoms with Crippen molar-refractivity contribution in [2.45, 2.75) is 31.7 Å². The summed E-state index contributed by atoms with van der Waals surface area (Å²) in [5.74, 6) is 3.35. The molecule has 1 aromatic heterocycles. The van der Waals surface area contributed by atoms with Crippen molar-refractivity contribution in [3.63, 3.8) is 0 Å². The molecule has 166 valence electrons. The highest BCUT2D eigenvalue weighted by Gasteiger charge is 2.36. The minimum atomic E-state index is 0.332. The number of tetrazole rings is 1. The van der Waals surface area contributed by atoms with Gasteiger partial charge in [-0.05, 0) is 61.7 Å². The van der Waals surface area contributed by atoms with Crippen LogP contribution in [-0.2, 0) is 0 Å². The number of para-hydroxylation sites is 1. The van der Waals surface area contributed by atoms with E-state index in [9.17, 15) is 0 Å². The number of benzene rings is 3. The van der Waals surface area contributed by atoms with Gasteiger partial charge in [0.25, 0.3) is 0 Å². The predicted octanol–water partition coefficient (Wildman–Crippen LogP) is 5.58. The first-order chi connectivity index (χ1) is 16.3. The fraction of sp³-hybridized carbons (Fsp3) is 0.296. The van der Waals surface area contributed by atoms with Crippen molar-refractivity contribution in [1.82, 2.24) is 25.5 Å². The molecule has 1 saturated heterocycles. The van der Waals surface area contributed by atoms with Crippen LogP contribution in [0.4, 0.5) is 0 Å². The summed E-state index contributed by atoms with van der Waals surface area (Å²) in [6, 6.07) is 26.1. The van der Waals surface area contributed by atoms with Crippen LogP contribution in [0.5, 0.6) is 11.5 Å². The van der Waals surface area contributed by atoms with Gasteiger partial charge in [-0.1, -0.05) is 60.7 Å². The Hall–Kier alpha value is -3.51. The van der Waals surface area contributed by atoms with E-state index in [2.05, 4.69) is 99.2 Å². The number of hydrogen-bond acceptors (Lipinski definition) is 5. The molecule has 1 N–H and O–H groups in total. The van der Waals surface area contributed by atoms with Crippen molar-refractivity contribution in [3.8, 4) is 22.9 Å². The standard InChI is InChI=1S/C27H27N5O/c1-18(19-7-3-2-4-8-19)32-15-13-20(14-16-32)26-22-9-5-6-10-24(22)33-25-17-21(11-12-23(25)26)27-28-30-31-29-27/h2-12,17-18,20,26H,13-16H2,1H3,(H,28,29,30,31). The van der Waals surface area contributed by atoms with Crippen LogP contribution in [0.25, 0.3) is 11.4 Å². The van der Waals surface area contributed by atoms with Crippen molar-refractivity contribution in [3.05, 3.63) is 89.5 Å². The molecule has 2 atom stereocenters. The molecule has 2 aliphatic rings. The average Bonchev–Trinajstić information content (AvgIpc) is 3.42. The maximum Gasteiger partial charge on any atom is 0.204 e.